The second-order valence-corrected chi connectivity index (χ2v) is 8.24. The van der Waals surface area contributed by atoms with E-state index in [0.717, 1.165) is 39.8 Å². The van der Waals surface area contributed by atoms with Crippen molar-refractivity contribution in [3.63, 3.8) is 0 Å². The van der Waals surface area contributed by atoms with Crippen LogP contribution in [0.2, 0.25) is 0 Å². The molecule has 0 N–H and O–H groups in total. The molecule has 1 amide bonds. The average Bonchev–Trinajstić information content (AvgIpc) is 3.45. The molecule has 34 heavy (non-hydrogen) atoms. The summed E-state index contributed by atoms with van der Waals surface area (Å²) < 4.78 is 18.7. The number of ether oxygens (including phenoxy) is 3. The molecule has 0 radical (unpaired) electrons. The fourth-order valence-corrected chi connectivity index (χ4v) is 4.48. The van der Waals surface area contributed by atoms with Gasteiger partial charge in [0.25, 0.3) is 0 Å². The zero-order chi connectivity index (χ0) is 23.5. The summed E-state index contributed by atoms with van der Waals surface area (Å²) >= 11 is 0. The molecule has 4 aromatic rings. The fraction of sp³-hybridized carbons (Fsp3) is 0.259. The van der Waals surface area contributed by atoms with Crippen LogP contribution in [0.4, 0.5) is 5.69 Å². The van der Waals surface area contributed by atoms with Crippen molar-refractivity contribution >= 4 is 22.6 Å². The molecule has 0 aliphatic carbocycles. The van der Waals surface area contributed by atoms with E-state index in [1.165, 1.54) is 0 Å². The van der Waals surface area contributed by atoms with Crippen LogP contribution in [-0.4, -0.2) is 42.8 Å². The van der Waals surface area contributed by atoms with Gasteiger partial charge < -0.3 is 23.7 Å². The van der Waals surface area contributed by atoms with Gasteiger partial charge >= 0.3 is 0 Å². The normalized spacial score (nSPS) is 15.6. The molecule has 2 heterocycles. The third kappa shape index (κ3) is 4.29. The van der Waals surface area contributed by atoms with Crippen LogP contribution in [0.5, 0.6) is 17.2 Å². The first-order valence-electron chi connectivity index (χ1n) is 11.3. The number of methoxy groups -OCH3 is 2. The summed E-state index contributed by atoms with van der Waals surface area (Å²) in [5, 5.41) is 0. The van der Waals surface area contributed by atoms with E-state index in [1.807, 2.05) is 71.6 Å². The Morgan fingerprint density at radius 2 is 1.68 bits per heavy atom. The Bertz CT molecular complexity index is 1300. The Morgan fingerprint density at radius 1 is 0.912 bits per heavy atom. The number of nitrogens with zero attached hydrogens (tertiary/aromatic N) is 3. The number of anilines is 1. The van der Waals surface area contributed by atoms with Crippen molar-refractivity contribution in [2.45, 2.75) is 18.9 Å². The number of carbonyl (C=O) groups excluding carboxylic acids is 1. The number of benzene rings is 3. The first kappa shape index (κ1) is 21.8. The number of hydrogen-bond acceptors (Lipinski definition) is 5. The molecule has 0 spiro atoms. The Kier molecular flexibility index (Phi) is 6.08. The molecule has 5 rings (SSSR count). The van der Waals surface area contributed by atoms with Crippen LogP contribution < -0.4 is 19.1 Å². The number of carbonyl (C=O) groups is 1. The van der Waals surface area contributed by atoms with Gasteiger partial charge in [-0.2, -0.15) is 0 Å². The Morgan fingerprint density at radius 3 is 2.47 bits per heavy atom. The van der Waals surface area contributed by atoms with Crippen molar-refractivity contribution in [3.05, 3.63) is 78.6 Å². The van der Waals surface area contributed by atoms with Crippen molar-refractivity contribution in [3.8, 4) is 17.2 Å². The van der Waals surface area contributed by atoms with Crippen molar-refractivity contribution in [1.82, 2.24) is 9.55 Å². The van der Waals surface area contributed by atoms with E-state index in [9.17, 15) is 4.79 Å². The molecule has 174 valence electrons. The SMILES string of the molecule is COc1ccc(OCCn2c([C@@H]3CC(=O)N(c4cccc(OC)c4)C3)nc3ccccc32)cc1. The second kappa shape index (κ2) is 9.47. The number of imidazole rings is 1. The Balaban J connectivity index is 1.37. The van der Waals surface area contributed by atoms with E-state index in [0.29, 0.717) is 26.1 Å². The minimum absolute atomic E-state index is 0.00733. The lowest BCUT2D eigenvalue weighted by molar-refractivity contribution is -0.117. The van der Waals surface area contributed by atoms with Crippen LogP contribution in [-0.2, 0) is 11.3 Å². The molecule has 0 saturated carbocycles. The maximum absolute atomic E-state index is 12.9. The highest BCUT2D eigenvalue weighted by Gasteiger charge is 2.35. The number of amides is 1. The van der Waals surface area contributed by atoms with Gasteiger partial charge in [-0.05, 0) is 48.5 Å². The van der Waals surface area contributed by atoms with E-state index in [2.05, 4.69) is 10.6 Å². The first-order chi connectivity index (χ1) is 16.7. The third-order valence-electron chi connectivity index (χ3n) is 6.18. The summed E-state index contributed by atoms with van der Waals surface area (Å²) in [6.07, 6.45) is 0.417. The summed E-state index contributed by atoms with van der Waals surface area (Å²) in [5.41, 5.74) is 2.81. The van der Waals surface area contributed by atoms with Gasteiger partial charge in [0.1, 0.15) is 29.7 Å². The van der Waals surface area contributed by atoms with E-state index in [4.69, 9.17) is 19.2 Å². The van der Waals surface area contributed by atoms with Crippen molar-refractivity contribution < 1.29 is 19.0 Å². The summed E-state index contributed by atoms with van der Waals surface area (Å²) in [4.78, 5) is 19.7. The van der Waals surface area contributed by atoms with Crippen LogP contribution in [0, 0.1) is 0 Å². The van der Waals surface area contributed by atoms with Crippen LogP contribution in [0.3, 0.4) is 0 Å². The average molecular weight is 458 g/mol. The predicted octanol–water partition coefficient (Wildman–Crippen LogP) is 4.65. The molecule has 1 aliphatic rings. The molecule has 1 saturated heterocycles. The van der Waals surface area contributed by atoms with Crippen LogP contribution in [0.1, 0.15) is 18.2 Å². The topological polar surface area (TPSA) is 65.8 Å². The van der Waals surface area contributed by atoms with Crippen LogP contribution in [0.15, 0.2) is 72.8 Å². The molecule has 7 heteroatoms. The maximum atomic E-state index is 12.9. The summed E-state index contributed by atoms with van der Waals surface area (Å²) in [6, 6.07) is 23.2. The molecule has 7 nitrogen and oxygen atoms in total. The highest BCUT2D eigenvalue weighted by molar-refractivity contribution is 5.96. The van der Waals surface area contributed by atoms with Gasteiger partial charge in [-0.25, -0.2) is 4.98 Å². The van der Waals surface area contributed by atoms with Gasteiger partial charge in [-0.1, -0.05) is 18.2 Å². The van der Waals surface area contributed by atoms with E-state index in [1.54, 1.807) is 14.2 Å². The molecule has 1 aromatic heterocycles. The number of hydrogen-bond donors (Lipinski definition) is 0. The lowest BCUT2D eigenvalue weighted by Crippen LogP contribution is -2.24. The molecule has 1 aliphatic heterocycles. The highest BCUT2D eigenvalue weighted by Crippen LogP contribution is 2.34. The van der Waals surface area contributed by atoms with Gasteiger partial charge in [-0.3, -0.25) is 4.79 Å². The van der Waals surface area contributed by atoms with Gasteiger partial charge in [0.15, 0.2) is 0 Å². The zero-order valence-electron chi connectivity index (χ0n) is 19.3. The molecule has 1 fully saturated rings. The van der Waals surface area contributed by atoms with E-state index in [-0.39, 0.29) is 11.8 Å². The maximum Gasteiger partial charge on any atom is 0.227 e. The fourth-order valence-electron chi connectivity index (χ4n) is 4.48. The summed E-state index contributed by atoms with van der Waals surface area (Å²) in [5.74, 6) is 3.31. The van der Waals surface area contributed by atoms with Crippen molar-refractivity contribution in [1.29, 1.82) is 0 Å². The van der Waals surface area contributed by atoms with Gasteiger partial charge in [0.05, 0.1) is 31.8 Å². The Labute approximate surface area is 198 Å². The molecule has 3 aromatic carbocycles. The monoisotopic (exact) mass is 457 g/mol. The first-order valence-corrected chi connectivity index (χ1v) is 11.3. The van der Waals surface area contributed by atoms with Gasteiger partial charge in [-0.15, -0.1) is 0 Å². The molecular formula is C27H27N3O4. The zero-order valence-corrected chi connectivity index (χ0v) is 19.3. The van der Waals surface area contributed by atoms with E-state index >= 15 is 0 Å². The minimum Gasteiger partial charge on any atom is -0.497 e. The van der Waals surface area contributed by atoms with E-state index < -0.39 is 0 Å². The van der Waals surface area contributed by atoms with Crippen LogP contribution >= 0.6 is 0 Å². The highest BCUT2D eigenvalue weighted by atomic mass is 16.5. The van der Waals surface area contributed by atoms with Crippen LogP contribution in [0.25, 0.3) is 11.0 Å². The quantitative estimate of drug-likeness (QED) is 0.385. The van der Waals surface area contributed by atoms with Gasteiger partial charge in [0, 0.05) is 30.6 Å². The largest absolute Gasteiger partial charge is 0.497 e. The predicted molar refractivity (Wildman–Crippen MR) is 131 cm³/mol. The number of rotatable bonds is 8. The van der Waals surface area contributed by atoms with Crippen molar-refractivity contribution in [2.75, 3.05) is 32.3 Å². The van der Waals surface area contributed by atoms with Crippen molar-refractivity contribution in [2.24, 2.45) is 0 Å². The minimum atomic E-state index is -0.00733. The molecule has 0 unspecified atom stereocenters. The second-order valence-electron chi connectivity index (χ2n) is 8.24. The summed E-state index contributed by atoms with van der Waals surface area (Å²) in [7, 11) is 3.27. The smallest absolute Gasteiger partial charge is 0.227 e. The number of para-hydroxylation sites is 2. The lowest BCUT2D eigenvalue weighted by atomic mass is 10.1. The molecular weight excluding hydrogens is 430 g/mol. The lowest BCUT2D eigenvalue weighted by Gasteiger charge is -2.18. The standard InChI is InChI=1S/C27H27N3O4/c1-32-21-10-12-22(13-11-21)34-15-14-29-25-9-4-3-8-24(25)28-27(29)19-16-26(31)30(18-19)20-6-5-7-23(17-20)33-2/h3-13,17,19H,14-16,18H2,1-2H3/t19-/m1/s1. The van der Waals surface area contributed by atoms with Gasteiger partial charge in [0.2, 0.25) is 5.91 Å². The Hall–Kier alpha value is -4.00. The number of fused-ring (bicyclic) bond motifs is 1. The number of aromatic nitrogens is 2. The molecule has 1 atom stereocenters. The third-order valence-corrected chi connectivity index (χ3v) is 6.18. The summed E-state index contributed by atoms with van der Waals surface area (Å²) in [6.45, 7) is 1.69. The molecule has 0 bridgehead atoms.